The molecule has 252 valence electrons. The molecular weight excluding hydrogens is 612 g/mol. The Morgan fingerprint density at radius 2 is 1.47 bits per heavy atom. The van der Waals surface area contributed by atoms with Crippen LogP contribution >= 0.6 is 0 Å². The maximum atomic E-state index is 12.6. The first-order valence-corrected chi connectivity index (χ1v) is 16.8. The summed E-state index contributed by atoms with van der Waals surface area (Å²) >= 11 is 0. The summed E-state index contributed by atoms with van der Waals surface area (Å²) in [7, 11) is 2.02. The van der Waals surface area contributed by atoms with Crippen LogP contribution in [0.3, 0.4) is 0 Å². The number of nitrogens with zero attached hydrogens (tertiary/aromatic N) is 1. The third kappa shape index (κ3) is 8.70. The number of amides is 1. The number of benzene rings is 5. The van der Waals surface area contributed by atoms with E-state index in [1.54, 1.807) is 12.1 Å². The summed E-state index contributed by atoms with van der Waals surface area (Å²) in [4.78, 5) is 14.8. The van der Waals surface area contributed by atoms with Crippen LogP contribution in [0.25, 0.3) is 11.1 Å². The molecule has 1 fully saturated rings. The van der Waals surface area contributed by atoms with Crippen molar-refractivity contribution in [2.75, 3.05) is 13.6 Å². The van der Waals surface area contributed by atoms with Gasteiger partial charge in [0, 0.05) is 36.7 Å². The number of hydrogen-bond acceptors (Lipinski definition) is 6. The van der Waals surface area contributed by atoms with E-state index < -0.39 is 12.4 Å². The van der Waals surface area contributed by atoms with Crippen LogP contribution in [0.15, 0.2) is 133 Å². The Kier molecular flexibility index (Phi) is 11.3. The van der Waals surface area contributed by atoms with E-state index in [1.807, 2.05) is 111 Å². The molecule has 49 heavy (non-hydrogen) atoms. The van der Waals surface area contributed by atoms with Crippen molar-refractivity contribution < 1.29 is 24.5 Å². The minimum Gasteiger partial charge on any atom is -0.392 e. The SMILES string of the molecule is C[C@H]([C@@H](O)c1ccccc1)N(C)C[C@H]1C[C@@H](c2ccc(CO)cc2)O[C@@H](c2cccc(-c3cccc(CNC(=O)c4ccccc4)c3)c2)O1. The molecule has 5 aromatic rings. The van der Waals surface area contributed by atoms with Crippen LogP contribution in [-0.4, -0.2) is 46.8 Å². The van der Waals surface area contributed by atoms with Crippen molar-refractivity contribution in [3.05, 3.63) is 167 Å². The summed E-state index contributed by atoms with van der Waals surface area (Å²) in [5.74, 6) is -0.107. The van der Waals surface area contributed by atoms with Crippen LogP contribution < -0.4 is 5.32 Å². The van der Waals surface area contributed by atoms with Gasteiger partial charge in [-0.2, -0.15) is 0 Å². The second-order valence-electron chi connectivity index (χ2n) is 12.8. The largest absolute Gasteiger partial charge is 0.392 e. The molecule has 5 aromatic carbocycles. The summed E-state index contributed by atoms with van der Waals surface area (Å²) in [6.45, 7) is 3.04. The predicted molar refractivity (Wildman–Crippen MR) is 191 cm³/mol. The quantitative estimate of drug-likeness (QED) is 0.130. The van der Waals surface area contributed by atoms with E-state index in [9.17, 15) is 15.0 Å². The third-order valence-corrected chi connectivity index (χ3v) is 9.31. The van der Waals surface area contributed by atoms with Crippen LogP contribution in [0.4, 0.5) is 0 Å². The zero-order chi connectivity index (χ0) is 34.2. The molecule has 7 heteroatoms. The Bertz CT molecular complexity index is 1800. The molecule has 0 aromatic heterocycles. The molecule has 3 N–H and O–H groups in total. The van der Waals surface area contributed by atoms with Crippen molar-refractivity contribution in [2.45, 2.75) is 57.1 Å². The van der Waals surface area contributed by atoms with Crippen molar-refractivity contribution in [2.24, 2.45) is 0 Å². The van der Waals surface area contributed by atoms with Gasteiger partial charge in [0.25, 0.3) is 5.91 Å². The number of likely N-dealkylation sites (N-methyl/N-ethyl adjacent to an activating group) is 1. The molecule has 1 aliphatic heterocycles. The third-order valence-electron chi connectivity index (χ3n) is 9.31. The number of hydrogen-bond donors (Lipinski definition) is 3. The Hall–Kier alpha value is -4.63. The van der Waals surface area contributed by atoms with Crippen LogP contribution in [0.1, 0.15) is 70.0 Å². The van der Waals surface area contributed by atoms with E-state index in [2.05, 4.69) is 34.5 Å². The zero-order valence-corrected chi connectivity index (χ0v) is 28.0. The smallest absolute Gasteiger partial charge is 0.251 e. The fourth-order valence-electron chi connectivity index (χ4n) is 6.29. The first kappa shape index (κ1) is 34.2. The highest BCUT2D eigenvalue weighted by atomic mass is 16.7. The van der Waals surface area contributed by atoms with E-state index in [0.29, 0.717) is 25.1 Å². The molecule has 1 amide bonds. The van der Waals surface area contributed by atoms with Gasteiger partial charge in [0.05, 0.1) is 24.9 Å². The molecule has 5 atom stereocenters. The van der Waals surface area contributed by atoms with Crippen molar-refractivity contribution in [1.29, 1.82) is 0 Å². The van der Waals surface area contributed by atoms with Crippen molar-refractivity contribution in [3.63, 3.8) is 0 Å². The molecule has 1 heterocycles. The lowest BCUT2D eigenvalue weighted by Crippen LogP contribution is -2.43. The van der Waals surface area contributed by atoms with Gasteiger partial charge >= 0.3 is 0 Å². The second kappa shape index (κ2) is 16.2. The van der Waals surface area contributed by atoms with Gasteiger partial charge < -0.3 is 25.0 Å². The maximum absolute atomic E-state index is 12.6. The summed E-state index contributed by atoms with van der Waals surface area (Å²) in [5.41, 5.74) is 7.34. The predicted octanol–water partition coefficient (Wildman–Crippen LogP) is 7.38. The maximum Gasteiger partial charge on any atom is 0.251 e. The van der Waals surface area contributed by atoms with Crippen molar-refractivity contribution in [1.82, 2.24) is 10.2 Å². The first-order chi connectivity index (χ1) is 23.9. The number of carbonyl (C=O) groups excluding carboxylic acids is 1. The Balaban J connectivity index is 1.20. The number of aliphatic hydroxyl groups excluding tert-OH is 2. The molecule has 0 bridgehead atoms. The highest BCUT2D eigenvalue weighted by Gasteiger charge is 2.34. The molecule has 6 rings (SSSR count). The van der Waals surface area contributed by atoms with E-state index >= 15 is 0 Å². The summed E-state index contributed by atoms with van der Waals surface area (Å²) in [6.07, 6.45) is -0.999. The first-order valence-electron chi connectivity index (χ1n) is 16.8. The topological polar surface area (TPSA) is 91.3 Å². The van der Waals surface area contributed by atoms with Crippen LogP contribution in [0.5, 0.6) is 0 Å². The van der Waals surface area contributed by atoms with Gasteiger partial charge in [-0.3, -0.25) is 9.69 Å². The van der Waals surface area contributed by atoms with Gasteiger partial charge in [-0.25, -0.2) is 0 Å². The number of nitrogens with one attached hydrogen (secondary N) is 1. The molecule has 0 radical (unpaired) electrons. The van der Waals surface area contributed by atoms with Gasteiger partial charge in [-0.05, 0) is 71.6 Å². The van der Waals surface area contributed by atoms with Gasteiger partial charge in [0.2, 0.25) is 0 Å². The molecule has 0 aliphatic carbocycles. The standard InChI is InChI=1S/C42H44N2O5/c1-29(40(46)33-12-5-3-6-13-33)44(2)27-38-25-39(32-21-19-30(28-45)20-22-32)49-42(48-38)37-18-10-17-36(24-37)35-16-9-11-31(23-35)26-43-41(47)34-14-7-4-8-15-34/h3-24,29,38-40,42,45-46H,25-28H2,1-2H3,(H,43,47)/t29-,38-,39+,40-,42+/m1/s1. The number of rotatable bonds is 12. The molecule has 0 saturated carbocycles. The fourth-order valence-corrected chi connectivity index (χ4v) is 6.29. The Morgan fingerprint density at radius 1 is 0.796 bits per heavy atom. The average Bonchev–Trinajstić information content (AvgIpc) is 3.17. The molecule has 0 spiro atoms. The minimum absolute atomic E-state index is 0.0139. The van der Waals surface area contributed by atoms with Gasteiger partial charge in [-0.15, -0.1) is 0 Å². The van der Waals surface area contributed by atoms with Crippen molar-refractivity contribution >= 4 is 5.91 Å². The van der Waals surface area contributed by atoms with E-state index in [1.165, 1.54) is 0 Å². The van der Waals surface area contributed by atoms with Gasteiger partial charge in [0.15, 0.2) is 6.29 Å². The van der Waals surface area contributed by atoms with E-state index in [0.717, 1.165) is 38.9 Å². The summed E-state index contributed by atoms with van der Waals surface area (Å²) < 4.78 is 13.3. The van der Waals surface area contributed by atoms with Crippen molar-refractivity contribution in [3.8, 4) is 11.1 Å². The highest BCUT2D eigenvalue weighted by Crippen LogP contribution is 2.39. The van der Waals surface area contributed by atoms with E-state index in [-0.39, 0.29) is 30.8 Å². The van der Waals surface area contributed by atoms with Gasteiger partial charge in [-0.1, -0.05) is 109 Å². The zero-order valence-electron chi connectivity index (χ0n) is 28.0. The lowest BCUT2D eigenvalue weighted by Gasteiger charge is -2.39. The minimum atomic E-state index is -0.636. The Labute approximate surface area is 288 Å². The number of carbonyl (C=O) groups is 1. The average molecular weight is 657 g/mol. The molecule has 1 aliphatic rings. The monoisotopic (exact) mass is 656 g/mol. The molecule has 1 saturated heterocycles. The van der Waals surface area contributed by atoms with Gasteiger partial charge in [0.1, 0.15) is 0 Å². The normalized spacial score (nSPS) is 18.9. The van der Waals surface area contributed by atoms with Crippen LogP contribution in [0, 0.1) is 0 Å². The second-order valence-corrected chi connectivity index (χ2v) is 12.8. The molecular formula is C42H44N2O5. The van der Waals surface area contributed by atoms with Crippen LogP contribution in [-0.2, 0) is 22.6 Å². The lowest BCUT2D eigenvalue weighted by molar-refractivity contribution is -0.253. The number of ether oxygens (including phenoxy) is 2. The van der Waals surface area contributed by atoms with Crippen LogP contribution in [0.2, 0.25) is 0 Å². The number of aliphatic hydroxyl groups is 2. The summed E-state index contributed by atoms with van der Waals surface area (Å²) in [6, 6.07) is 43.1. The van der Waals surface area contributed by atoms with E-state index in [4.69, 9.17) is 9.47 Å². The highest BCUT2D eigenvalue weighted by molar-refractivity contribution is 5.94. The summed E-state index contributed by atoms with van der Waals surface area (Å²) in [5, 5.41) is 23.7. The fraction of sp³-hybridized carbons (Fsp3) is 0.262. The molecule has 7 nitrogen and oxygen atoms in total. The molecule has 0 unspecified atom stereocenters. The lowest BCUT2D eigenvalue weighted by atomic mass is 9.97. The Morgan fingerprint density at radius 3 is 2.18 bits per heavy atom.